The number of methoxy groups -OCH3 is 1. The van der Waals surface area contributed by atoms with E-state index in [2.05, 4.69) is 17.4 Å². The van der Waals surface area contributed by atoms with Crippen LogP contribution in [0, 0.1) is 0 Å². The van der Waals surface area contributed by atoms with E-state index in [9.17, 15) is 4.79 Å². The van der Waals surface area contributed by atoms with Crippen LogP contribution in [0.3, 0.4) is 0 Å². The Morgan fingerprint density at radius 2 is 1.91 bits per heavy atom. The minimum atomic E-state index is -0.458. The third kappa shape index (κ3) is 8.00. The summed E-state index contributed by atoms with van der Waals surface area (Å²) in [6.45, 7) is 7.68. The number of amides is 1. The zero-order chi connectivity index (χ0) is 17.3. The van der Waals surface area contributed by atoms with Gasteiger partial charge >= 0.3 is 6.09 Å². The number of carbonyl (C=O) groups is 1. The lowest BCUT2D eigenvalue weighted by Crippen LogP contribution is -2.36. The van der Waals surface area contributed by atoms with E-state index in [-0.39, 0.29) is 12.1 Å². The normalized spacial score (nSPS) is 12.7. The van der Waals surface area contributed by atoms with E-state index in [1.54, 1.807) is 19.1 Å². The molecule has 0 fully saturated rings. The van der Waals surface area contributed by atoms with Crippen molar-refractivity contribution in [2.75, 3.05) is 33.9 Å². The van der Waals surface area contributed by atoms with Crippen molar-refractivity contribution in [1.29, 1.82) is 0 Å². The highest BCUT2D eigenvalue weighted by Crippen LogP contribution is 2.13. The van der Waals surface area contributed by atoms with Crippen LogP contribution < -0.4 is 5.32 Å². The van der Waals surface area contributed by atoms with Gasteiger partial charge in [0.1, 0.15) is 5.60 Å². The molecule has 0 saturated heterocycles. The van der Waals surface area contributed by atoms with Gasteiger partial charge in [0, 0.05) is 20.7 Å². The molecule has 1 unspecified atom stereocenters. The van der Waals surface area contributed by atoms with Gasteiger partial charge in [0.05, 0.1) is 12.6 Å². The number of hydrogen-bond acceptors (Lipinski definition) is 4. The summed E-state index contributed by atoms with van der Waals surface area (Å²) in [6, 6.07) is 10.4. The van der Waals surface area contributed by atoms with Crippen LogP contribution >= 0.6 is 0 Å². The zero-order valence-corrected chi connectivity index (χ0v) is 15.0. The Morgan fingerprint density at radius 1 is 1.26 bits per heavy atom. The van der Waals surface area contributed by atoms with Crippen molar-refractivity contribution in [1.82, 2.24) is 10.2 Å². The Balaban J connectivity index is 2.35. The fourth-order valence-corrected chi connectivity index (χ4v) is 2.15. The first-order valence-electron chi connectivity index (χ1n) is 8.05. The van der Waals surface area contributed by atoms with Crippen LogP contribution in [-0.4, -0.2) is 50.4 Å². The summed E-state index contributed by atoms with van der Waals surface area (Å²) < 4.78 is 10.6. The molecule has 0 saturated carbocycles. The Hall–Kier alpha value is -1.59. The fourth-order valence-electron chi connectivity index (χ4n) is 2.15. The van der Waals surface area contributed by atoms with Gasteiger partial charge in [-0.2, -0.15) is 0 Å². The summed E-state index contributed by atoms with van der Waals surface area (Å²) >= 11 is 0. The Morgan fingerprint density at radius 3 is 2.48 bits per heavy atom. The third-order valence-electron chi connectivity index (χ3n) is 3.30. The quantitative estimate of drug-likeness (QED) is 0.747. The topological polar surface area (TPSA) is 50.8 Å². The smallest absolute Gasteiger partial charge is 0.410 e. The van der Waals surface area contributed by atoms with E-state index in [1.807, 2.05) is 39.0 Å². The molecule has 0 heterocycles. The molecule has 130 valence electrons. The molecule has 0 aliphatic carbocycles. The maximum Gasteiger partial charge on any atom is 0.410 e. The number of nitrogens with one attached hydrogen (secondary N) is 1. The maximum absolute atomic E-state index is 11.9. The highest BCUT2D eigenvalue weighted by Gasteiger charge is 2.19. The van der Waals surface area contributed by atoms with E-state index < -0.39 is 5.60 Å². The summed E-state index contributed by atoms with van der Waals surface area (Å²) in [4.78, 5) is 13.5. The molecule has 5 nitrogen and oxygen atoms in total. The second-order valence-electron chi connectivity index (χ2n) is 6.63. The number of hydrogen-bond donors (Lipinski definition) is 1. The van der Waals surface area contributed by atoms with Gasteiger partial charge < -0.3 is 19.7 Å². The summed E-state index contributed by atoms with van der Waals surface area (Å²) in [6.07, 6.45) is 0.567. The van der Waals surface area contributed by atoms with Crippen molar-refractivity contribution in [3.05, 3.63) is 35.9 Å². The molecule has 0 aliphatic heterocycles. The highest BCUT2D eigenvalue weighted by molar-refractivity contribution is 5.67. The molecule has 1 N–H and O–H groups in total. The van der Waals surface area contributed by atoms with Gasteiger partial charge in [-0.3, -0.25) is 0 Å². The molecule has 23 heavy (non-hydrogen) atoms. The monoisotopic (exact) mass is 322 g/mol. The lowest BCUT2D eigenvalue weighted by molar-refractivity contribution is 0.0296. The minimum Gasteiger partial charge on any atom is -0.444 e. The molecule has 0 aromatic heterocycles. The molecule has 1 aromatic carbocycles. The van der Waals surface area contributed by atoms with Crippen LogP contribution in [0.25, 0.3) is 0 Å². The van der Waals surface area contributed by atoms with Gasteiger partial charge in [-0.15, -0.1) is 0 Å². The van der Waals surface area contributed by atoms with E-state index in [1.165, 1.54) is 5.56 Å². The Kier molecular flexibility index (Phi) is 8.06. The van der Waals surface area contributed by atoms with Crippen LogP contribution in [0.2, 0.25) is 0 Å². The average molecular weight is 322 g/mol. The standard InChI is InChI=1S/C18H30N2O3/c1-18(2,3)23-17(21)20(4)13-9-12-19-16(14-22-5)15-10-7-6-8-11-15/h6-8,10-11,16,19H,9,12-14H2,1-5H3. The number of ether oxygens (including phenoxy) is 2. The SMILES string of the molecule is COCC(NCCCN(C)C(=O)OC(C)(C)C)c1ccccc1. The van der Waals surface area contributed by atoms with Crippen LogP contribution in [-0.2, 0) is 9.47 Å². The summed E-state index contributed by atoms with van der Waals surface area (Å²) in [5, 5.41) is 3.48. The first-order valence-corrected chi connectivity index (χ1v) is 8.05. The number of benzene rings is 1. The van der Waals surface area contributed by atoms with E-state index in [4.69, 9.17) is 9.47 Å². The molecule has 0 spiro atoms. The third-order valence-corrected chi connectivity index (χ3v) is 3.30. The van der Waals surface area contributed by atoms with Crippen LogP contribution in [0.5, 0.6) is 0 Å². The summed E-state index contributed by atoms with van der Waals surface area (Å²) in [5.74, 6) is 0. The minimum absolute atomic E-state index is 0.160. The fraction of sp³-hybridized carbons (Fsp3) is 0.611. The van der Waals surface area contributed by atoms with Crippen LogP contribution in [0.4, 0.5) is 4.79 Å². The van der Waals surface area contributed by atoms with E-state index in [0.717, 1.165) is 13.0 Å². The number of rotatable bonds is 8. The van der Waals surface area contributed by atoms with E-state index >= 15 is 0 Å². The molecular weight excluding hydrogens is 292 g/mol. The van der Waals surface area contributed by atoms with E-state index in [0.29, 0.717) is 13.2 Å². The summed E-state index contributed by atoms with van der Waals surface area (Å²) in [7, 11) is 3.46. The van der Waals surface area contributed by atoms with Gasteiger partial charge in [-0.25, -0.2) is 4.79 Å². The van der Waals surface area contributed by atoms with Crippen molar-refractivity contribution in [2.24, 2.45) is 0 Å². The predicted molar refractivity (Wildman–Crippen MR) is 92.5 cm³/mol. The lowest BCUT2D eigenvalue weighted by atomic mass is 10.1. The number of carbonyl (C=O) groups excluding carboxylic acids is 1. The van der Waals surface area contributed by atoms with Crippen molar-refractivity contribution < 1.29 is 14.3 Å². The molecular formula is C18H30N2O3. The Bertz CT molecular complexity index is 457. The summed E-state index contributed by atoms with van der Waals surface area (Å²) in [5.41, 5.74) is 0.746. The van der Waals surface area contributed by atoms with Gasteiger partial charge in [0.15, 0.2) is 0 Å². The van der Waals surface area contributed by atoms with Gasteiger partial charge in [0.25, 0.3) is 0 Å². The first-order chi connectivity index (χ1) is 10.8. The maximum atomic E-state index is 11.9. The molecule has 1 atom stereocenters. The molecule has 1 aromatic rings. The lowest BCUT2D eigenvalue weighted by Gasteiger charge is -2.25. The molecule has 0 radical (unpaired) electrons. The van der Waals surface area contributed by atoms with Gasteiger partial charge in [0.2, 0.25) is 0 Å². The van der Waals surface area contributed by atoms with Gasteiger partial charge in [-0.1, -0.05) is 30.3 Å². The first kappa shape index (κ1) is 19.5. The second kappa shape index (κ2) is 9.53. The van der Waals surface area contributed by atoms with Crippen LogP contribution in [0.1, 0.15) is 38.8 Å². The second-order valence-corrected chi connectivity index (χ2v) is 6.63. The van der Waals surface area contributed by atoms with Gasteiger partial charge in [-0.05, 0) is 39.3 Å². The predicted octanol–water partition coefficient (Wildman–Crippen LogP) is 3.22. The molecule has 1 amide bonds. The number of nitrogens with zero attached hydrogens (tertiary/aromatic N) is 1. The average Bonchev–Trinajstić information content (AvgIpc) is 2.49. The molecule has 0 bridgehead atoms. The molecule has 0 aliphatic rings. The molecule has 5 heteroatoms. The van der Waals surface area contributed by atoms with Crippen LogP contribution in [0.15, 0.2) is 30.3 Å². The Labute approximate surface area is 140 Å². The zero-order valence-electron chi connectivity index (χ0n) is 15.0. The largest absolute Gasteiger partial charge is 0.444 e. The van der Waals surface area contributed by atoms with Crippen molar-refractivity contribution in [3.8, 4) is 0 Å². The van der Waals surface area contributed by atoms with Crippen molar-refractivity contribution in [2.45, 2.75) is 38.8 Å². The highest BCUT2D eigenvalue weighted by atomic mass is 16.6. The molecule has 1 rings (SSSR count). The van der Waals surface area contributed by atoms with Crippen molar-refractivity contribution >= 4 is 6.09 Å². The van der Waals surface area contributed by atoms with Crippen molar-refractivity contribution in [3.63, 3.8) is 0 Å².